The molecule has 0 radical (unpaired) electrons. The first-order chi connectivity index (χ1) is 9.71. The van der Waals surface area contributed by atoms with Gasteiger partial charge < -0.3 is 14.0 Å². The van der Waals surface area contributed by atoms with Gasteiger partial charge in [0.25, 0.3) is 0 Å². The molecule has 5 nitrogen and oxygen atoms in total. The van der Waals surface area contributed by atoms with E-state index in [2.05, 4.69) is 9.72 Å². The van der Waals surface area contributed by atoms with Gasteiger partial charge in [0.05, 0.1) is 26.2 Å². The molecule has 6 heteroatoms. The van der Waals surface area contributed by atoms with Gasteiger partial charge in [-0.2, -0.15) is 0 Å². The molecule has 0 unspecified atom stereocenters. The van der Waals surface area contributed by atoms with Gasteiger partial charge in [0.2, 0.25) is 0 Å². The van der Waals surface area contributed by atoms with Crippen molar-refractivity contribution in [2.24, 2.45) is 0 Å². The zero-order valence-electron chi connectivity index (χ0n) is 11.6. The van der Waals surface area contributed by atoms with Crippen molar-refractivity contribution in [3.05, 3.63) is 24.0 Å². The summed E-state index contributed by atoms with van der Waals surface area (Å²) in [6.07, 6.45) is 0.940. The van der Waals surface area contributed by atoms with Crippen LogP contribution in [0, 0.1) is 0 Å². The summed E-state index contributed by atoms with van der Waals surface area (Å²) in [6.45, 7) is 0.516. The molecule has 0 bridgehead atoms. The molecule has 0 amide bonds. The van der Waals surface area contributed by atoms with Crippen LogP contribution in [0.15, 0.2) is 18.2 Å². The number of hydrogen-bond acceptors (Lipinski definition) is 4. The van der Waals surface area contributed by atoms with Crippen molar-refractivity contribution in [1.29, 1.82) is 0 Å². The van der Waals surface area contributed by atoms with Crippen LogP contribution in [-0.4, -0.2) is 35.6 Å². The van der Waals surface area contributed by atoms with Gasteiger partial charge in [-0.05, 0) is 12.1 Å². The number of esters is 1. The molecule has 1 heterocycles. The van der Waals surface area contributed by atoms with Gasteiger partial charge in [-0.25, -0.2) is 4.98 Å². The lowest BCUT2D eigenvalue weighted by Crippen LogP contribution is -2.10. The fraction of sp³-hybridized carbons (Fsp3) is 0.429. The lowest BCUT2D eigenvalue weighted by molar-refractivity contribution is -0.140. The number of halogens is 1. The summed E-state index contributed by atoms with van der Waals surface area (Å²) >= 11 is 5.82. The molecule has 1 aromatic carbocycles. The molecule has 0 aliphatic rings. The van der Waals surface area contributed by atoms with Crippen LogP contribution in [0.3, 0.4) is 0 Å². The molecule has 20 heavy (non-hydrogen) atoms. The Labute approximate surface area is 122 Å². The standard InChI is InChI=1S/C14H17ClN2O3/c1-19-11-5-3-4-10-14(11)16-12(6-8-15)17(10)9-7-13(18)20-2/h3-5H,6-9H2,1-2H3. The molecular formula is C14H17ClN2O3. The van der Waals surface area contributed by atoms with E-state index in [1.807, 2.05) is 22.8 Å². The van der Waals surface area contributed by atoms with E-state index in [0.29, 0.717) is 25.3 Å². The summed E-state index contributed by atoms with van der Waals surface area (Å²) in [7, 11) is 3.00. The summed E-state index contributed by atoms with van der Waals surface area (Å²) in [5.74, 6) is 1.80. The van der Waals surface area contributed by atoms with Crippen LogP contribution in [0.1, 0.15) is 12.2 Å². The van der Waals surface area contributed by atoms with E-state index in [1.165, 1.54) is 7.11 Å². The molecule has 0 N–H and O–H groups in total. The predicted octanol–water partition coefficient (Wildman–Crippen LogP) is 2.39. The zero-order valence-corrected chi connectivity index (χ0v) is 12.3. The van der Waals surface area contributed by atoms with Crippen molar-refractivity contribution >= 4 is 28.6 Å². The third-order valence-corrected chi connectivity index (χ3v) is 3.32. The molecule has 108 valence electrons. The van der Waals surface area contributed by atoms with E-state index < -0.39 is 0 Å². The van der Waals surface area contributed by atoms with Crippen molar-refractivity contribution in [3.8, 4) is 5.75 Å². The van der Waals surface area contributed by atoms with Crippen LogP contribution < -0.4 is 4.74 Å². The second-order valence-corrected chi connectivity index (χ2v) is 4.65. The highest BCUT2D eigenvalue weighted by Crippen LogP contribution is 2.26. The third-order valence-electron chi connectivity index (χ3n) is 3.13. The first kappa shape index (κ1) is 14.7. The van der Waals surface area contributed by atoms with Gasteiger partial charge in [0.15, 0.2) is 0 Å². The minimum absolute atomic E-state index is 0.244. The SMILES string of the molecule is COC(=O)CCn1c(CCCl)nc2c(OC)cccc21. The number of carbonyl (C=O) groups is 1. The number of methoxy groups -OCH3 is 2. The smallest absolute Gasteiger partial charge is 0.307 e. The zero-order chi connectivity index (χ0) is 14.5. The number of aryl methyl sites for hydroxylation is 2. The van der Waals surface area contributed by atoms with Crippen LogP contribution in [0.4, 0.5) is 0 Å². The van der Waals surface area contributed by atoms with E-state index >= 15 is 0 Å². The van der Waals surface area contributed by atoms with Crippen molar-refractivity contribution in [2.45, 2.75) is 19.4 Å². The molecule has 1 aromatic heterocycles. The Kier molecular flexibility index (Phi) is 4.84. The number of para-hydroxylation sites is 1. The van der Waals surface area contributed by atoms with Crippen LogP contribution in [0.2, 0.25) is 0 Å². The average Bonchev–Trinajstić information content (AvgIpc) is 2.82. The first-order valence-corrected chi connectivity index (χ1v) is 6.89. The minimum atomic E-state index is -0.244. The number of aromatic nitrogens is 2. The molecule has 2 aromatic rings. The van der Waals surface area contributed by atoms with Gasteiger partial charge in [0.1, 0.15) is 17.1 Å². The van der Waals surface area contributed by atoms with E-state index in [4.69, 9.17) is 16.3 Å². The van der Waals surface area contributed by atoms with Gasteiger partial charge in [-0.3, -0.25) is 4.79 Å². The molecule has 0 aliphatic carbocycles. The maximum Gasteiger partial charge on any atom is 0.307 e. The molecule has 2 rings (SSSR count). The Balaban J connectivity index is 2.43. The summed E-state index contributed by atoms with van der Waals surface area (Å²) in [6, 6.07) is 5.73. The van der Waals surface area contributed by atoms with Gasteiger partial charge in [-0.1, -0.05) is 6.07 Å². The Bertz CT molecular complexity index is 610. The number of fused-ring (bicyclic) bond motifs is 1. The Hall–Kier alpha value is -1.75. The number of benzene rings is 1. The monoisotopic (exact) mass is 296 g/mol. The fourth-order valence-corrected chi connectivity index (χ4v) is 2.33. The highest BCUT2D eigenvalue weighted by molar-refractivity contribution is 6.17. The maximum absolute atomic E-state index is 11.3. The minimum Gasteiger partial charge on any atom is -0.494 e. The number of carbonyl (C=O) groups excluding carboxylic acids is 1. The first-order valence-electron chi connectivity index (χ1n) is 6.36. The summed E-state index contributed by atoms with van der Waals surface area (Å²) in [5, 5.41) is 0. The number of alkyl halides is 1. The predicted molar refractivity (Wildman–Crippen MR) is 77.3 cm³/mol. The number of nitrogens with zero attached hydrogens (tertiary/aromatic N) is 2. The number of ether oxygens (including phenoxy) is 2. The van der Waals surface area contributed by atoms with E-state index in [-0.39, 0.29) is 5.97 Å². The van der Waals surface area contributed by atoms with Crippen LogP contribution >= 0.6 is 11.6 Å². The fourth-order valence-electron chi connectivity index (χ4n) is 2.16. The van der Waals surface area contributed by atoms with Crippen molar-refractivity contribution in [2.75, 3.05) is 20.1 Å². The number of imidazole rings is 1. The molecule has 0 fully saturated rings. The molecule has 0 spiro atoms. The van der Waals surface area contributed by atoms with Gasteiger partial charge in [-0.15, -0.1) is 11.6 Å². The average molecular weight is 297 g/mol. The largest absolute Gasteiger partial charge is 0.494 e. The Morgan fingerprint density at radius 2 is 2.20 bits per heavy atom. The lowest BCUT2D eigenvalue weighted by Gasteiger charge is -2.07. The van der Waals surface area contributed by atoms with Crippen molar-refractivity contribution in [3.63, 3.8) is 0 Å². The van der Waals surface area contributed by atoms with Crippen molar-refractivity contribution < 1.29 is 14.3 Å². The van der Waals surface area contributed by atoms with Gasteiger partial charge in [0, 0.05) is 18.8 Å². The molecule has 0 atom stereocenters. The van der Waals surface area contributed by atoms with Crippen LogP contribution in [0.5, 0.6) is 5.75 Å². The summed E-state index contributed by atoms with van der Waals surface area (Å²) in [5.41, 5.74) is 1.73. The quantitative estimate of drug-likeness (QED) is 0.607. The number of hydrogen-bond donors (Lipinski definition) is 0. The van der Waals surface area contributed by atoms with Crippen LogP contribution in [-0.2, 0) is 22.5 Å². The second kappa shape index (κ2) is 6.61. The molecule has 0 aliphatic heterocycles. The summed E-state index contributed by atoms with van der Waals surface area (Å²) in [4.78, 5) is 15.9. The highest BCUT2D eigenvalue weighted by atomic mass is 35.5. The lowest BCUT2D eigenvalue weighted by atomic mass is 10.3. The normalized spacial score (nSPS) is 10.8. The third kappa shape index (κ3) is 2.88. The van der Waals surface area contributed by atoms with Gasteiger partial charge >= 0.3 is 5.97 Å². The molecule has 0 saturated carbocycles. The van der Waals surface area contributed by atoms with Crippen molar-refractivity contribution in [1.82, 2.24) is 9.55 Å². The Morgan fingerprint density at radius 1 is 1.40 bits per heavy atom. The van der Waals surface area contributed by atoms with Crippen LogP contribution in [0.25, 0.3) is 11.0 Å². The topological polar surface area (TPSA) is 53.4 Å². The summed E-state index contributed by atoms with van der Waals surface area (Å²) < 4.78 is 12.0. The number of rotatable bonds is 6. The van der Waals surface area contributed by atoms with E-state index in [1.54, 1.807) is 7.11 Å². The van der Waals surface area contributed by atoms with E-state index in [9.17, 15) is 4.79 Å². The maximum atomic E-state index is 11.3. The second-order valence-electron chi connectivity index (χ2n) is 4.27. The Morgan fingerprint density at radius 3 is 2.85 bits per heavy atom. The molecular weight excluding hydrogens is 280 g/mol. The van der Waals surface area contributed by atoms with E-state index in [0.717, 1.165) is 22.6 Å². The molecule has 0 saturated heterocycles. The highest BCUT2D eigenvalue weighted by Gasteiger charge is 2.14.